The molecule has 0 saturated heterocycles. The van der Waals surface area contributed by atoms with Crippen molar-refractivity contribution in [1.82, 2.24) is 4.90 Å². The first-order valence-corrected chi connectivity index (χ1v) is 5.33. The van der Waals surface area contributed by atoms with Crippen molar-refractivity contribution in [3.8, 4) is 0 Å². The van der Waals surface area contributed by atoms with Crippen molar-refractivity contribution < 1.29 is 10.0 Å². The third kappa shape index (κ3) is 3.97. The van der Waals surface area contributed by atoms with Crippen molar-refractivity contribution in [3.05, 3.63) is 34.4 Å². The van der Waals surface area contributed by atoms with Gasteiger partial charge in [0, 0.05) is 31.4 Å². The summed E-state index contributed by atoms with van der Waals surface area (Å²) in [5.41, 5.74) is 0.704. The van der Waals surface area contributed by atoms with Crippen LogP contribution >= 0.6 is 12.2 Å². The van der Waals surface area contributed by atoms with Gasteiger partial charge in [0.2, 0.25) is 0 Å². The first-order valence-electron chi connectivity index (χ1n) is 4.92. The second-order valence-corrected chi connectivity index (χ2v) is 3.77. The molecule has 7 heteroatoms. The maximum Gasteiger partial charge on any atom is 0.269 e. The molecule has 0 aromatic heterocycles. The number of anilines is 1. The molecular weight excluding hydrogens is 242 g/mol. The number of non-ortho nitro benzene ring substituents is 1. The maximum absolute atomic E-state index is 10.5. The Labute approximate surface area is 104 Å². The summed E-state index contributed by atoms with van der Waals surface area (Å²) >= 11 is 5.08. The van der Waals surface area contributed by atoms with Crippen LogP contribution in [0.15, 0.2) is 24.3 Å². The van der Waals surface area contributed by atoms with E-state index >= 15 is 0 Å². The van der Waals surface area contributed by atoms with Crippen LogP contribution in [0, 0.1) is 10.1 Å². The summed E-state index contributed by atoms with van der Waals surface area (Å²) in [6.07, 6.45) is 0. The molecule has 0 aliphatic rings. The summed E-state index contributed by atoms with van der Waals surface area (Å²) in [7, 11) is 1.75. The summed E-state index contributed by atoms with van der Waals surface area (Å²) in [5.74, 6) is 0. The van der Waals surface area contributed by atoms with Crippen LogP contribution in [-0.2, 0) is 0 Å². The highest BCUT2D eigenvalue weighted by atomic mass is 32.1. The Morgan fingerprint density at radius 2 is 2.12 bits per heavy atom. The second-order valence-electron chi connectivity index (χ2n) is 3.38. The normalized spacial score (nSPS) is 9.76. The minimum absolute atomic E-state index is 0.0125. The lowest BCUT2D eigenvalue weighted by Gasteiger charge is -2.19. The number of aliphatic hydroxyl groups is 1. The summed E-state index contributed by atoms with van der Waals surface area (Å²) in [6.45, 7) is 0.442. The number of nitrogens with one attached hydrogen (secondary N) is 1. The summed E-state index contributed by atoms with van der Waals surface area (Å²) in [6, 6.07) is 5.96. The van der Waals surface area contributed by atoms with Crippen LogP contribution in [-0.4, -0.2) is 40.2 Å². The Kier molecular flexibility index (Phi) is 4.80. The third-order valence-electron chi connectivity index (χ3n) is 2.11. The van der Waals surface area contributed by atoms with Crippen LogP contribution in [0.3, 0.4) is 0 Å². The number of rotatable bonds is 4. The van der Waals surface area contributed by atoms with Gasteiger partial charge in [0.05, 0.1) is 11.5 Å². The van der Waals surface area contributed by atoms with E-state index in [2.05, 4.69) is 5.32 Å². The van der Waals surface area contributed by atoms with Crippen molar-refractivity contribution in [1.29, 1.82) is 0 Å². The number of nitrogens with zero attached hydrogens (tertiary/aromatic N) is 2. The lowest BCUT2D eigenvalue weighted by Crippen LogP contribution is -2.33. The van der Waals surface area contributed by atoms with Gasteiger partial charge in [-0.15, -0.1) is 0 Å². The molecule has 1 aromatic rings. The van der Waals surface area contributed by atoms with Crippen molar-refractivity contribution >= 4 is 28.7 Å². The molecule has 0 spiro atoms. The van der Waals surface area contributed by atoms with Gasteiger partial charge in [-0.3, -0.25) is 10.1 Å². The van der Waals surface area contributed by atoms with Crippen molar-refractivity contribution in [3.63, 3.8) is 0 Å². The average Bonchev–Trinajstić information content (AvgIpc) is 2.30. The zero-order valence-electron chi connectivity index (χ0n) is 9.29. The molecule has 92 valence electrons. The van der Waals surface area contributed by atoms with Gasteiger partial charge < -0.3 is 15.3 Å². The van der Waals surface area contributed by atoms with E-state index in [1.165, 1.54) is 12.1 Å². The smallest absolute Gasteiger partial charge is 0.269 e. The molecule has 0 aliphatic heterocycles. The molecule has 1 rings (SSSR count). The Morgan fingerprint density at radius 3 is 2.59 bits per heavy atom. The van der Waals surface area contributed by atoms with E-state index in [-0.39, 0.29) is 12.3 Å². The highest BCUT2D eigenvalue weighted by Gasteiger charge is 2.06. The second kappa shape index (κ2) is 6.12. The molecule has 0 aliphatic carbocycles. The van der Waals surface area contributed by atoms with Crippen LogP contribution < -0.4 is 5.32 Å². The standard InChI is InChI=1S/C10H13N3O3S/c1-12(6-7-14)10(17)11-8-2-4-9(5-3-8)13(15)16/h2-5,14H,6-7H2,1H3,(H,11,17). The van der Waals surface area contributed by atoms with Gasteiger partial charge in [-0.2, -0.15) is 0 Å². The first-order chi connectivity index (χ1) is 8.04. The van der Waals surface area contributed by atoms with Crippen molar-refractivity contribution in [2.75, 3.05) is 25.5 Å². The highest BCUT2D eigenvalue weighted by Crippen LogP contribution is 2.15. The van der Waals surface area contributed by atoms with Gasteiger partial charge in [-0.1, -0.05) is 0 Å². The van der Waals surface area contributed by atoms with E-state index in [1.807, 2.05) is 0 Å². The fourth-order valence-electron chi connectivity index (χ4n) is 1.14. The zero-order valence-corrected chi connectivity index (χ0v) is 10.1. The number of aliphatic hydroxyl groups excluding tert-OH is 1. The molecule has 0 fully saturated rings. The van der Waals surface area contributed by atoms with E-state index in [9.17, 15) is 10.1 Å². The van der Waals surface area contributed by atoms with Crippen LogP contribution in [0.4, 0.5) is 11.4 Å². The molecule has 17 heavy (non-hydrogen) atoms. The van der Waals surface area contributed by atoms with E-state index in [0.717, 1.165) is 0 Å². The van der Waals surface area contributed by atoms with Crippen molar-refractivity contribution in [2.24, 2.45) is 0 Å². The van der Waals surface area contributed by atoms with E-state index in [1.54, 1.807) is 24.1 Å². The lowest BCUT2D eigenvalue weighted by atomic mass is 10.3. The molecular formula is C10H13N3O3S. The number of likely N-dealkylation sites (N-methyl/N-ethyl adjacent to an activating group) is 1. The Hall–Kier alpha value is -1.73. The molecule has 2 N–H and O–H groups in total. The van der Waals surface area contributed by atoms with Gasteiger partial charge in [0.25, 0.3) is 5.69 Å². The molecule has 0 atom stereocenters. The highest BCUT2D eigenvalue weighted by molar-refractivity contribution is 7.80. The fraction of sp³-hybridized carbons (Fsp3) is 0.300. The average molecular weight is 255 g/mol. The first kappa shape index (κ1) is 13.3. The van der Waals surface area contributed by atoms with E-state index < -0.39 is 4.92 Å². The summed E-state index contributed by atoms with van der Waals surface area (Å²) in [5, 5.41) is 22.6. The van der Waals surface area contributed by atoms with Gasteiger partial charge in [-0.25, -0.2) is 0 Å². The lowest BCUT2D eigenvalue weighted by molar-refractivity contribution is -0.384. The van der Waals surface area contributed by atoms with Crippen LogP contribution in [0.5, 0.6) is 0 Å². The molecule has 0 radical (unpaired) electrons. The topological polar surface area (TPSA) is 78.6 Å². The van der Waals surface area contributed by atoms with E-state index in [0.29, 0.717) is 17.3 Å². The maximum atomic E-state index is 10.5. The fourth-order valence-corrected chi connectivity index (χ4v) is 1.35. The van der Waals surface area contributed by atoms with Crippen LogP contribution in [0.1, 0.15) is 0 Å². The molecule has 6 nitrogen and oxygen atoms in total. The molecule has 0 saturated carbocycles. The number of nitro groups is 1. The van der Waals surface area contributed by atoms with Gasteiger partial charge in [0.1, 0.15) is 0 Å². The molecule has 0 bridgehead atoms. The van der Waals surface area contributed by atoms with Gasteiger partial charge in [0.15, 0.2) is 5.11 Å². The monoisotopic (exact) mass is 255 g/mol. The Balaban J connectivity index is 2.63. The number of nitro benzene ring substituents is 1. The Bertz CT molecular complexity index is 408. The minimum Gasteiger partial charge on any atom is -0.395 e. The number of hydrogen-bond acceptors (Lipinski definition) is 4. The van der Waals surface area contributed by atoms with Crippen LogP contribution in [0.2, 0.25) is 0 Å². The predicted molar refractivity (Wildman–Crippen MR) is 69.0 cm³/mol. The molecule has 0 amide bonds. The zero-order chi connectivity index (χ0) is 12.8. The summed E-state index contributed by atoms with van der Waals surface area (Å²) < 4.78 is 0. The van der Waals surface area contributed by atoms with Gasteiger partial charge >= 0.3 is 0 Å². The van der Waals surface area contributed by atoms with Gasteiger partial charge in [-0.05, 0) is 24.4 Å². The minimum atomic E-state index is -0.458. The summed E-state index contributed by atoms with van der Waals surface area (Å²) in [4.78, 5) is 11.7. The van der Waals surface area contributed by atoms with E-state index in [4.69, 9.17) is 17.3 Å². The number of benzene rings is 1. The van der Waals surface area contributed by atoms with Crippen LogP contribution in [0.25, 0.3) is 0 Å². The largest absolute Gasteiger partial charge is 0.395 e. The van der Waals surface area contributed by atoms with Crippen molar-refractivity contribution in [2.45, 2.75) is 0 Å². The predicted octanol–water partition coefficient (Wildman–Crippen LogP) is 1.22. The quantitative estimate of drug-likeness (QED) is 0.478. The third-order valence-corrected chi connectivity index (χ3v) is 2.53. The Morgan fingerprint density at radius 1 is 1.53 bits per heavy atom. The number of hydrogen-bond donors (Lipinski definition) is 2. The molecule has 0 unspecified atom stereocenters. The molecule has 1 aromatic carbocycles. The number of thiocarbonyl (C=S) groups is 1. The molecule has 0 heterocycles. The SMILES string of the molecule is CN(CCO)C(=S)Nc1ccc([N+](=O)[O-])cc1.